The summed E-state index contributed by atoms with van der Waals surface area (Å²) in [6.45, 7) is 0.368. The average Bonchev–Trinajstić information content (AvgIpc) is 2.61. The van der Waals surface area contributed by atoms with Gasteiger partial charge in [-0.1, -0.05) is 48.5 Å². The standard InChI is InChI=1S/C18H20N2O3/c21-13-7-12-19-18(23)16(14-8-3-1-4-9-14)20-17(22)15-10-5-2-6-11-15/h1-6,8-11,16,21H,7,12-13H2,(H,19,23)(H,20,22). The van der Waals surface area contributed by atoms with E-state index in [1.807, 2.05) is 24.3 Å². The van der Waals surface area contributed by atoms with Gasteiger partial charge >= 0.3 is 0 Å². The zero-order valence-corrected chi connectivity index (χ0v) is 12.7. The van der Waals surface area contributed by atoms with Crippen LogP contribution in [0.25, 0.3) is 0 Å². The second-order valence-corrected chi connectivity index (χ2v) is 5.05. The molecule has 5 heteroatoms. The minimum Gasteiger partial charge on any atom is -0.396 e. The quantitative estimate of drug-likeness (QED) is 0.680. The van der Waals surface area contributed by atoms with Gasteiger partial charge in [-0.15, -0.1) is 0 Å². The molecule has 2 aromatic carbocycles. The topological polar surface area (TPSA) is 78.4 Å². The van der Waals surface area contributed by atoms with Gasteiger partial charge in [0.1, 0.15) is 6.04 Å². The van der Waals surface area contributed by atoms with Crippen LogP contribution in [0.3, 0.4) is 0 Å². The molecule has 23 heavy (non-hydrogen) atoms. The van der Waals surface area contributed by atoms with E-state index >= 15 is 0 Å². The number of carbonyl (C=O) groups excluding carboxylic acids is 2. The number of carbonyl (C=O) groups is 2. The lowest BCUT2D eigenvalue weighted by Gasteiger charge is -2.19. The minimum atomic E-state index is -0.775. The molecule has 0 radical (unpaired) electrons. The molecule has 2 rings (SSSR count). The third-order valence-corrected chi connectivity index (χ3v) is 3.34. The number of aliphatic hydroxyl groups excluding tert-OH is 1. The summed E-state index contributed by atoms with van der Waals surface area (Å²) in [5, 5.41) is 14.3. The Morgan fingerprint density at radius 1 is 0.957 bits per heavy atom. The van der Waals surface area contributed by atoms with Crippen LogP contribution in [0.1, 0.15) is 28.4 Å². The molecule has 0 saturated heterocycles. The zero-order chi connectivity index (χ0) is 16.5. The van der Waals surface area contributed by atoms with Crippen molar-refractivity contribution < 1.29 is 14.7 Å². The maximum absolute atomic E-state index is 12.4. The molecule has 0 spiro atoms. The largest absolute Gasteiger partial charge is 0.396 e. The van der Waals surface area contributed by atoms with E-state index in [1.54, 1.807) is 36.4 Å². The van der Waals surface area contributed by atoms with Crippen molar-refractivity contribution in [1.82, 2.24) is 10.6 Å². The monoisotopic (exact) mass is 312 g/mol. The maximum atomic E-state index is 12.4. The predicted octanol–water partition coefficient (Wildman–Crippen LogP) is 1.66. The number of benzene rings is 2. The molecular formula is C18H20N2O3. The molecule has 0 aromatic heterocycles. The summed E-state index contributed by atoms with van der Waals surface area (Å²) in [4.78, 5) is 24.7. The second kappa shape index (κ2) is 8.70. The average molecular weight is 312 g/mol. The lowest BCUT2D eigenvalue weighted by molar-refractivity contribution is -0.123. The molecule has 3 N–H and O–H groups in total. The number of hydrogen-bond acceptors (Lipinski definition) is 3. The van der Waals surface area contributed by atoms with Crippen molar-refractivity contribution >= 4 is 11.8 Å². The van der Waals surface area contributed by atoms with Crippen LogP contribution in [0.5, 0.6) is 0 Å². The van der Waals surface area contributed by atoms with Gasteiger partial charge in [-0.05, 0) is 24.1 Å². The van der Waals surface area contributed by atoms with Crippen molar-refractivity contribution in [3.05, 3.63) is 71.8 Å². The van der Waals surface area contributed by atoms with Crippen LogP contribution in [-0.2, 0) is 4.79 Å². The van der Waals surface area contributed by atoms with Gasteiger partial charge in [-0.25, -0.2) is 0 Å². The van der Waals surface area contributed by atoms with E-state index in [4.69, 9.17) is 5.11 Å². The summed E-state index contributed by atoms with van der Waals surface area (Å²) in [7, 11) is 0. The third kappa shape index (κ3) is 4.93. The van der Waals surface area contributed by atoms with Crippen molar-refractivity contribution in [2.75, 3.05) is 13.2 Å². The summed E-state index contributed by atoms with van der Waals surface area (Å²) in [6.07, 6.45) is 0.472. The second-order valence-electron chi connectivity index (χ2n) is 5.05. The predicted molar refractivity (Wildman–Crippen MR) is 87.8 cm³/mol. The Morgan fingerprint density at radius 3 is 2.17 bits per heavy atom. The maximum Gasteiger partial charge on any atom is 0.252 e. The highest BCUT2D eigenvalue weighted by Crippen LogP contribution is 2.14. The number of aliphatic hydroxyl groups is 1. The SMILES string of the molecule is O=C(NC(C(=O)NCCCO)c1ccccc1)c1ccccc1. The van der Waals surface area contributed by atoms with Crippen LogP contribution < -0.4 is 10.6 Å². The Morgan fingerprint density at radius 2 is 1.57 bits per heavy atom. The number of nitrogens with one attached hydrogen (secondary N) is 2. The summed E-state index contributed by atoms with van der Waals surface area (Å²) < 4.78 is 0. The van der Waals surface area contributed by atoms with Crippen molar-refractivity contribution in [2.45, 2.75) is 12.5 Å². The Kier molecular flexibility index (Phi) is 6.32. The summed E-state index contributed by atoms with van der Waals surface area (Å²) in [5.74, 6) is -0.606. The van der Waals surface area contributed by atoms with Gasteiger partial charge in [0.15, 0.2) is 0 Å². The lowest BCUT2D eigenvalue weighted by atomic mass is 10.1. The Labute approximate surface area is 135 Å². The number of rotatable bonds is 7. The molecule has 0 aliphatic carbocycles. The van der Waals surface area contributed by atoms with Crippen LogP contribution in [0.2, 0.25) is 0 Å². The fourth-order valence-corrected chi connectivity index (χ4v) is 2.14. The smallest absolute Gasteiger partial charge is 0.252 e. The summed E-state index contributed by atoms with van der Waals surface area (Å²) in [6, 6.07) is 17.1. The van der Waals surface area contributed by atoms with Crippen molar-refractivity contribution in [3.63, 3.8) is 0 Å². The minimum absolute atomic E-state index is 0.00661. The molecular weight excluding hydrogens is 292 g/mol. The molecule has 1 atom stereocenters. The molecule has 0 aliphatic heterocycles. The molecule has 0 heterocycles. The fraction of sp³-hybridized carbons (Fsp3) is 0.222. The molecule has 0 fully saturated rings. The Hall–Kier alpha value is -2.66. The van der Waals surface area contributed by atoms with Crippen molar-refractivity contribution in [3.8, 4) is 0 Å². The molecule has 0 saturated carbocycles. The Bertz CT molecular complexity index is 629. The highest BCUT2D eigenvalue weighted by molar-refractivity contribution is 5.97. The van der Waals surface area contributed by atoms with Crippen LogP contribution in [0.15, 0.2) is 60.7 Å². The number of amides is 2. The normalized spacial score (nSPS) is 11.5. The van der Waals surface area contributed by atoms with E-state index in [9.17, 15) is 9.59 Å². The summed E-state index contributed by atoms with van der Waals surface area (Å²) >= 11 is 0. The van der Waals surface area contributed by atoms with Gasteiger partial charge in [0, 0.05) is 18.7 Å². The van der Waals surface area contributed by atoms with Gasteiger partial charge in [0.05, 0.1) is 0 Å². The van der Waals surface area contributed by atoms with Gasteiger partial charge in [-0.3, -0.25) is 9.59 Å². The first-order valence-corrected chi connectivity index (χ1v) is 7.52. The van der Waals surface area contributed by atoms with E-state index in [1.165, 1.54) is 0 Å². The molecule has 2 amide bonds. The van der Waals surface area contributed by atoms with Crippen molar-refractivity contribution in [2.24, 2.45) is 0 Å². The molecule has 1 unspecified atom stereocenters. The van der Waals surface area contributed by atoms with Gasteiger partial charge in [0.25, 0.3) is 5.91 Å². The lowest BCUT2D eigenvalue weighted by Crippen LogP contribution is -2.40. The first-order chi connectivity index (χ1) is 11.2. The van der Waals surface area contributed by atoms with E-state index in [0.717, 1.165) is 0 Å². The molecule has 0 bridgehead atoms. The van der Waals surface area contributed by atoms with Crippen LogP contribution in [-0.4, -0.2) is 30.1 Å². The third-order valence-electron chi connectivity index (χ3n) is 3.34. The number of hydrogen-bond donors (Lipinski definition) is 3. The van der Waals surface area contributed by atoms with E-state index in [0.29, 0.717) is 24.1 Å². The fourth-order valence-electron chi connectivity index (χ4n) is 2.14. The van der Waals surface area contributed by atoms with Crippen LogP contribution in [0, 0.1) is 0 Å². The highest BCUT2D eigenvalue weighted by atomic mass is 16.3. The first kappa shape index (κ1) is 16.7. The molecule has 2 aromatic rings. The van der Waals surface area contributed by atoms with E-state index in [2.05, 4.69) is 10.6 Å². The van der Waals surface area contributed by atoms with E-state index < -0.39 is 6.04 Å². The zero-order valence-electron chi connectivity index (χ0n) is 12.7. The first-order valence-electron chi connectivity index (χ1n) is 7.52. The molecule has 120 valence electrons. The van der Waals surface area contributed by atoms with Crippen LogP contribution in [0.4, 0.5) is 0 Å². The summed E-state index contributed by atoms with van der Waals surface area (Å²) in [5.41, 5.74) is 1.20. The van der Waals surface area contributed by atoms with Gasteiger partial charge in [-0.2, -0.15) is 0 Å². The van der Waals surface area contributed by atoms with Crippen LogP contribution >= 0.6 is 0 Å². The molecule has 5 nitrogen and oxygen atoms in total. The van der Waals surface area contributed by atoms with E-state index in [-0.39, 0.29) is 18.4 Å². The molecule has 0 aliphatic rings. The van der Waals surface area contributed by atoms with Gasteiger partial charge < -0.3 is 15.7 Å². The Balaban J connectivity index is 2.13. The van der Waals surface area contributed by atoms with Crippen molar-refractivity contribution in [1.29, 1.82) is 0 Å². The van der Waals surface area contributed by atoms with Gasteiger partial charge in [0.2, 0.25) is 5.91 Å². The highest BCUT2D eigenvalue weighted by Gasteiger charge is 2.22.